The highest BCUT2D eigenvalue weighted by atomic mass is 127. The van der Waals surface area contributed by atoms with Crippen molar-refractivity contribution < 1.29 is 0 Å². The van der Waals surface area contributed by atoms with Gasteiger partial charge < -0.3 is 11.1 Å². The van der Waals surface area contributed by atoms with E-state index in [-0.39, 0.29) is 0 Å². The van der Waals surface area contributed by atoms with Crippen LogP contribution in [0.5, 0.6) is 0 Å². The van der Waals surface area contributed by atoms with Crippen LogP contribution in [-0.2, 0) is 0 Å². The molecule has 0 aliphatic heterocycles. The van der Waals surface area contributed by atoms with Gasteiger partial charge in [-0.25, -0.2) is 4.98 Å². The number of nitrogen functional groups attached to an aromatic ring is 1. The fraction of sp³-hybridized carbons (Fsp3) is 0.0769. The third-order valence-corrected chi connectivity index (χ3v) is 3.74. The Morgan fingerprint density at radius 1 is 1.44 bits per heavy atom. The first-order chi connectivity index (χ1) is 8.61. The van der Waals surface area contributed by atoms with Gasteiger partial charge in [-0.05, 0) is 53.3 Å². The quantitative estimate of drug-likeness (QED) is 0.816. The second kappa shape index (κ2) is 5.23. The standard InChI is InChI=1S/C13H11IN4/c1-8-10(14)3-2-4-12(8)18-13-11(16)5-9(6-15)7-17-13/h2-5,7H,16H2,1H3,(H,17,18). The summed E-state index contributed by atoms with van der Waals surface area (Å²) >= 11 is 2.28. The van der Waals surface area contributed by atoms with Crippen molar-refractivity contribution in [2.45, 2.75) is 6.92 Å². The lowest BCUT2D eigenvalue weighted by molar-refractivity contribution is 1.28. The number of nitrogens with one attached hydrogen (secondary N) is 1. The summed E-state index contributed by atoms with van der Waals surface area (Å²) in [6.07, 6.45) is 1.50. The van der Waals surface area contributed by atoms with E-state index in [0.29, 0.717) is 17.1 Å². The Bertz CT molecular complexity index is 631. The summed E-state index contributed by atoms with van der Waals surface area (Å²) in [4.78, 5) is 4.15. The van der Waals surface area contributed by atoms with Crippen molar-refractivity contribution in [1.82, 2.24) is 4.98 Å². The molecule has 1 aromatic heterocycles. The number of anilines is 3. The number of hydrogen-bond acceptors (Lipinski definition) is 4. The van der Waals surface area contributed by atoms with E-state index in [2.05, 4.69) is 32.9 Å². The van der Waals surface area contributed by atoms with Gasteiger partial charge >= 0.3 is 0 Å². The molecule has 1 aromatic carbocycles. The van der Waals surface area contributed by atoms with E-state index in [1.165, 1.54) is 9.77 Å². The zero-order valence-corrected chi connectivity index (χ0v) is 11.9. The van der Waals surface area contributed by atoms with E-state index in [9.17, 15) is 0 Å². The Hall–Kier alpha value is -1.81. The molecule has 0 aliphatic carbocycles. The number of nitrogens with zero attached hydrogens (tertiary/aromatic N) is 2. The SMILES string of the molecule is Cc1c(I)cccc1Nc1ncc(C#N)cc1N. The highest BCUT2D eigenvalue weighted by molar-refractivity contribution is 14.1. The van der Waals surface area contributed by atoms with Crippen molar-refractivity contribution in [3.63, 3.8) is 0 Å². The normalized spacial score (nSPS) is 9.83. The number of aromatic nitrogens is 1. The van der Waals surface area contributed by atoms with Crippen LogP contribution in [0.2, 0.25) is 0 Å². The molecule has 0 fully saturated rings. The molecule has 5 heteroatoms. The molecule has 0 saturated heterocycles. The lowest BCUT2D eigenvalue weighted by Gasteiger charge is -2.11. The lowest BCUT2D eigenvalue weighted by atomic mass is 10.2. The summed E-state index contributed by atoms with van der Waals surface area (Å²) in [6, 6.07) is 9.59. The first kappa shape index (κ1) is 12.6. The van der Waals surface area contributed by atoms with Crippen molar-refractivity contribution >= 4 is 39.8 Å². The van der Waals surface area contributed by atoms with Gasteiger partial charge in [0.15, 0.2) is 5.82 Å². The summed E-state index contributed by atoms with van der Waals surface area (Å²) in [7, 11) is 0. The van der Waals surface area contributed by atoms with Crippen LogP contribution in [0.15, 0.2) is 30.5 Å². The van der Waals surface area contributed by atoms with Crippen molar-refractivity contribution in [3.05, 3.63) is 45.2 Å². The van der Waals surface area contributed by atoms with Gasteiger partial charge in [0.2, 0.25) is 0 Å². The predicted octanol–water partition coefficient (Wildman–Crippen LogP) is 3.19. The Morgan fingerprint density at radius 2 is 2.22 bits per heavy atom. The van der Waals surface area contributed by atoms with Crippen LogP contribution in [-0.4, -0.2) is 4.98 Å². The van der Waals surface area contributed by atoms with E-state index in [1.807, 2.05) is 31.2 Å². The molecule has 3 N–H and O–H groups in total. The minimum absolute atomic E-state index is 0.456. The van der Waals surface area contributed by atoms with Crippen LogP contribution in [0.3, 0.4) is 0 Å². The zero-order chi connectivity index (χ0) is 13.1. The second-order valence-electron chi connectivity index (χ2n) is 3.81. The largest absolute Gasteiger partial charge is 0.396 e. The fourth-order valence-corrected chi connectivity index (χ4v) is 2.02. The molecule has 18 heavy (non-hydrogen) atoms. The van der Waals surface area contributed by atoms with Gasteiger partial charge in [0, 0.05) is 15.5 Å². The molecule has 0 atom stereocenters. The van der Waals surface area contributed by atoms with E-state index in [4.69, 9.17) is 11.0 Å². The van der Waals surface area contributed by atoms with Gasteiger partial charge in [-0.3, -0.25) is 0 Å². The number of hydrogen-bond donors (Lipinski definition) is 2. The summed E-state index contributed by atoms with van der Waals surface area (Å²) in [6.45, 7) is 2.03. The first-order valence-corrected chi connectivity index (χ1v) is 6.37. The minimum Gasteiger partial charge on any atom is -0.396 e. The molecule has 0 radical (unpaired) electrons. The van der Waals surface area contributed by atoms with E-state index in [0.717, 1.165) is 11.3 Å². The average Bonchev–Trinajstić information content (AvgIpc) is 2.37. The smallest absolute Gasteiger partial charge is 0.153 e. The molecule has 2 aromatic rings. The fourth-order valence-electron chi connectivity index (χ4n) is 1.52. The number of benzene rings is 1. The first-order valence-electron chi connectivity index (χ1n) is 5.29. The summed E-state index contributed by atoms with van der Waals surface area (Å²) in [5.74, 6) is 0.569. The molecule has 0 amide bonds. The zero-order valence-electron chi connectivity index (χ0n) is 9.74. The highest BCUT2D eigenvalue weighted by Crippen LogP contribution is 2.26. The van der Waals surface area contributed by atoms with E-state index < -0.39 is 0 Å². The Kier molecular flexibility index (Phi) is 3.67. The third-order valence-electron chi connectivity index (χ3n) is 2.57. The molecular formula is C13H11IN4. The van der Waals surface area contributed by atoms with Gasteiger partial charge in [0.05, 0.1) is 11.3 Å². The van der Waals surface area contributed by atoms with Crippen LogP contribution in [0.4, 0.5) is 17.2 Å². The Balaban J connectivity index is 2.35. The molecule has 0 aliphatic rings. The number of pyridine rings is 1. The van der Waals surface area contributed by atoms with E-state index in [1.54, 1.807) is 6.07 Å². The van der Waals surface area contributed by atoms with Crippen LogP contribution in [0.1, 0.15) is 11.1 Å². The maximum atomic E-state index is 8.76. The minimum atomic E-state index is 0.456. The van der Waals surface area contributed by atoms with Crippen molar-refractivity contribution in [2.24, 2.45) is 0 Å². The maximum absolute atomic E-state index is 8.76. The number of nitrogens with two attached hydrogens (primary N) is 1. The summed E-state index contributed by atoms with van der Waals surface area (Å²) in [5, 5.41) is 11.9. The Morgan fingerprint density at radius 3 is 2.89 bits per heavy atom. The summed E-state index contributed by atoms with van der Waals surface area (Å²) < 4.78 is 1.17. The molecule has 90 valence electrons. The molecule has 1 heterocycles. The molecule has 2 rings (SSSR count). The lowest BCUT2D eigenvalue weighted by Crippen LogP contribution is -2.01. The number of rotatable bonds is 2. The molecule has 0 unspecified atom stereocenters. The third kappa shape index (κ3) is 2.54. The second-order valence-corrected chi connectivity index (χ2v) is 4.97. The number of halogens is 1. The summed E-state index contributed by atoms with van der Waals surface area (Å²) in [5.41, 5.74) is 8.88. The monoisotopic (exact) mass is 350 g/mol. The van der Waals surface area contributed by atoms with Crippen molar-refractivity contribution in [3.8, 4) is 6.07 Å². The van der Waals surface area contributed by atoms with Crippen LogP contribution >= 0.6 is 22.6 Å². The van der Waals surface area contributed by atoms with Gasteiger partial charge in [-0.1, -0.05) is 6.07 Å². The van der Waals surface area contributed by atoms with Gasteiger partial charge in [0.25, 0.3) is 0 Å². The highest BCUT2D eigenvalue weighted by Gasteiger charge is 2.06. The average molecular weight is 350 g/mol. The van der Waals surface area contributed by atoms with Crippen molar-refractivity contribution in [1.29, 1.82) is 5.26 Å². The van der Waals surface area contributed by atoms with Gasteiger partial charge in [-0.2, -0.15) is 5.26 Å². The van der Waals surface area contributed by atoms with Crippen molar-refractivity contribution in [2.75, 3.05) is 11.1 Å². The van der Waals surface area contributed by atoms with E-state index >= 15 is 0 Å². The van der Waals surface area contributed by atoms with Crippen LogP contribution in [0, 0.1) is 21.8 Å². The van der Waals surface area contributed by atoms with Crippen LogP contribution < -0.4 is 11.1 Å². The molecular weight excluding hydrogens is 339 g/mol. The maximum Gasteiger partial charge on any atom is 0.153 e. The van der Waals surface area contributed by atoms with Gasteiger partial charge in [0.1, 0.15) is 6.07 Å². The predicted molar refractivity (Wildman–Crippen MR) is 80.5 cm³/mol. The molecule has 0 saturated carbocycles. The van der Waals surface area contributed by atoms with Crippen LogP contribution in [0.25, 0.3) is 0 Å². The topological polar surface area (TPSA) is 74.7 Å². The Labute approximate surface area is 119 Å². The van der Waals surface area contributed by atoms with Gasteiger partial charge in [-0.15, -0.1) is 0 Å². The number of nitriles is 1. The molecule has 4 nitrogen and oxygen atoms in total. The molecule has 0 spiro atoms. The molecule has 0 bridgehead atoms.